The van der Waals surface area contributed by atoms with Crippen molar-refractivity contribution >= 4 is 0 Å². The Kier molecular flexibility index (Phi) is 4.87. The van der Waals surface area contributed by atoms with Crippen LogP contribution in [0.2, 0.25) is 0 Å². The van der Waals surface area contributed by atoms with Crippen LogP contribution in [-0.2, 0) is 4.74 Å². The molecule has 1 atom stereocenters. The molecule has 0 aliphatic heterocycles. The standard InChI is InChI=1S/C15H29NO/c1-3-5-13(2)12-17-15(8-4-9-15)10-11-16-14-6-7-14/h13-14,16H,3-12H2,1-2H3. The lowest BCUT2D eigenvalue weighted by molar-refractivity contribution is -0.114. The molecule has 2 aliphatic carbocycles. The first-order valence-electron chi connectivity index (χ1n) is 7.61. The summed E-state index contributed by atoms with van der Waals surface area (Å²) in [4.78, 5) is 0. The summed E-state index contributed by atoms with van der Waals surface area (Å²) in [6.45, 7) is 6.71. The Balaban J connectivity index is 1.62. The van der Waals surface area contributed by atoms with E-state index in [9.17, 15) is 0 Å². The van der Waals surface area contributed by atoms with E-state index in [0.717, 1.165) is 25.1 Å². The van der Waals surface area contributed by atoms with E-state index in [-0.39, 0.29) is 5.60 Å². The number of nitrogens with one attached hydrogen (secondary N) is 1. The molecule has 2 saturated carbocycles. The average molecular weight is 239 g/mol. The third-order valence-corrected chi connectivity index (χ3v) is 4.31. The number of hydrogen-bond donors (Lipinski definition) is 1. The van der Waals surface area contributed by atoms with Gasteiger partial charge in [0.1, 0.15) is 0 Å². The summed E-state index contributed by atoms with van der Waals surface area (Å²) in [5, 5.41) is 3.61. The predicted molar refractivity (Wildman–Crippen MR) is 72.2 cm³/mol. The van der Waals surface area contributed by atoms with Gasteiger partial charge in [-0.1, -0.05) is 20.3 Å². The van der Waals surface area contributed by atoms with Crippen molar-refractivity contribution in [2.45, 2.75) is 76.9 Å². The van der Waals surface area contributed by atoms with E-state index in [4.69, 9.17) is 4.74 Å². The van der Waals surface area contributed by atoms with Gasteiger partial charge >= 0.3 is 0 Å². The van der Waals surface area contributed by atoms with Crippen LogP contribution < -0.4 is 5.32 Å². The first-order chi connectivity index (χ1) is 8.24. The Morgan fingerprint density at radius 1 is 1.35 bits per heavy atom. The fourth-order valence-electron chi connectivity index (χ4n) is 2.72. The Labute approximate surface area is 107 Å². The number of hydrogen-bond acceptors (Lipinski definition) is 2. The Bertz CT molecular complexity index is 221. The monoisotopic (exact) mass is 239 g/mol. The van der Waals surface area contributed by atoms with Gasteiger partial charge in [0.25, 0.3) is 0 Å². The zero-order chi connectivity index (χ0) is 12.1. The first-order valence-corrected chi connectivity index (χ1v) is 7.61. The van der Waals surface area contributed by atoms with Crippen LogP contribution in [0, 0.1) is 5.92 Å². The van der Waals surface area contributed by atoms with Crippen molar-refractivity contribution in [3.8, 4) is 0 Å². The van der Waals surface area contributed by atoms with Crippen LogP contribution >= 0.6 is 0 Å². The fraction of sp³-hybridized carbons (Fsp3) is 1.00. The zero-order valence-corrected chi connectivity index (χ0v) is 11.6. The second-order valence-corrected chi connectivity index (χ2v) is 6.22. The average Bonchev–Trinajstić information content (AvgIpc) is 3.05. The molecule has 0 heterocycles. The van der Waals surface area contributed by atoms with E-state index in [1.54, 1.807) is 0 Å². The van der Waals surface area contributed by atoms with Gasteiger partial charge in [0.05, 0.1) is 5.60 Å². The van der Waals surface area contributed by atoms with Crippen LogP contribution in [0.4, 0.5) is 0 Å². The van der Waals surface area contributed by atoms with Crippen LogP contribution in [0.3, 0.4) is 0 Å². The van der Waals surface area contributed by atoms with Crippen molar-refractivity contribution in [2.75, 3.05) is 13.2 Å². The van der Waals surface area contributed by atoms with Gasteiger partial charge in [0.15, 0.2) is 0 Å². The molecule has 0 aromatic carbocycles. The van der Waals surface area contributed by atoms with Crippen LogP contribution in [0.5, 0.6) is 0 Å². The highest BCUT2D eigenvalue weighted by Gasteiger charge is 2.38. The highest BCUT2D eigenvalue weighted by molar-refractivity contribution is 4.91. The van der Waals surface area contributed by atoms with Crippen molar-refractivity contribution in [3.63, 3.8) is 0 Å². The molecular weight excluding hydrogens is 210 g/mol. The van der Waals surface area contributed by atoms with Crippen LogP contribution in [-0.4, -0.2) is 24.8 Å². The molecule has 2 fully saturated rings. The summed E-state index contributed by atoms with van der Waals surface area (Å²) < 4.78 is 6.24. The lowest BCUT2D eigenvalue weighted by atomic mass is 9.77. The van der Waals surface area contributed by atoms with Gasteiger partial charge in [-0.15, -0.1) is 0 Å². The molecule has 0 aromatic heterocycles. The second kappa shape index (κ2) is 6.19. The normalized spacial score (nSPS) is 24.4. The lowest BCUT2D eigenvalue weighted by Crippen LogP contribution is -2.43. The third-order valence-electron chi connectivity index (χ3n) is 4.31. The molecule has 2 heteroatoms. The highest BCUT2D eigenvalue weighted by atomic mass is 16.5. The van der Waals surface area contributed by atoms with Gasteiger partial charge in [-0.05, 0) is 57.4 Å². The van der Waals surface area contributed by atoms with E-state index >= 15 is 0 Å². The van der Waals surface area contributed by atoms with Gasteiger partial charge in [-0.3, -0.25) is 0 Å². The quantitative estimate of drug-likeness (QED) is 0.665. The molecule has 0 aromatic rings. The molecule has 0 radical (unpaired) electrons. The molecule has 0 bridgehead atoms. The smallest absolute Gasteiger partial charge is 0.0694 e. The molecule has 17 heavy (non-hydrogen) atoms. The minimum atomic E-state index is 0.254. The number of ether oxygens (including phenoxy) is 1. The van der Waals surface area contributed by atoms with Gasteiger partial charge in [0.2, 0.25) is 0 Å². The van der Waals surface area contributed by atoms with Crippen molar-refractivity contribution in [3.05, 3.63) is 0 Å². The van der Waals surface area contributed by atoms with Crippen molar-refractivity contribution in [1.29, 1.82) is 0 Å². The SMILES string of the molecule is CCCC(C)COC1(CCNC2CC2)CCC1. The van der Waals surface area contributed by atoms with E-state index in [1.165, 1.54) is 51.4 Å². The van der Waals surface area contributed by atoms with E-state index in [1.807, 2.05) is 0 Å². The van der Waals surface area contributed by atoms with Crippen LogP contribution in [0.15, 0.2) is 0 Å². The van der Waals surface area contributed by atoms with E-state index in [2.05, 4.69) is 19.2 Å². The molecule has 1 N–H and O–H groups in total. The highest BCUT2D eigenvalue weighted by Crippen LogP contribution is 2.39. The molecule has 100 valence electrons. The third kappa shape index (κ3) is 4.26. The maximum Gasteiger partial charge on any atom is 0.0694 e. The molecule has 0 saturated heterocycles. The van der Waals surface area contributed by atoms with Crippen LogP contribution in [0.25, 0.3) is 0 Å². The van der Waals surface area contributed by atoms with Gasteiger partial charge in [0, 0.05) is 12.6 Å². The minimum absolute atomic E-state index is 0.254. The predicted octanol–water partition coefficient (Wildman–Crippen LogP) is 3.50. The van der Waals surface area contributed by atoms with Gasteiger partial charge in [-0.25, -0.2) is 0 Å². The molecule has 2 nitrogen and oxygen atoms in total. The molecular formula is C15H29NO. The van der Waals surface area contributed by atoms with Crippen LogP contribution in [0.1, 0.15) is 65.2 Å². The van der Waals surface area contributed by atoms with Gasteiger partial charge in [-0.2, -0.15) is 0 Å². The van der Waals surface area contributed by atoms with Crippen molar-refractivity contribution < 1.29 is 4.74 Å². The minimum Gasteiger partial charge on any atom is -0.375 e. The summed E-state index contributed by atoms with van der Waals surface area (Å²) in [6.07, 6.45) is 10.5. The largest absolute Gasteiger partial charge is 0.375 e. The first kappa shape index (κ1) is 13.4. The summed E-state index contributed by atoms with van der Waals surface area (Å²) in [5.74, 6) is 0.730. The summed E-state index contributed by atoms with van der Waals surface area (Å²) >= 11 is 0. The molecule has 1 unspecified atom stereocenters. The molecule has 0 spiro atoms. The maximum absolute atomic E-state index is 6.24. The summed E-state index contributed by atoms with van der Waals surface area (Å²) in [6, 6.07) is 0.839. The lowest BCUT2D eigenvalue weighted by Gasteiger charge is -2.42. The van der Waals surface area contributed by atoms with E-state index in [0.29, 0.717) is 0 Å². The zero-order valence-electron chi connectivity index (χ0n) is 11.6. The molecule has 2 rings (SSSR count). The van der Waals surface area contributed by atoms with E-state index < -0.39 is 0 Å². The molecule has 0 amide bonds. The maximum atomic E-state index is 6.24. The molecule has 2 aliphatic rings. The van der Waals surface area contributed by atoms with Gasteiger partial charge < -0.3 is 10.1 Å². The Morgan fingerprint density at radius 3 is 2.65 bits per heavy atom. The topological polar surface area (TPSA) is 21.3 Å². The Morgan fingerprint density at radius 2 is 2.12 bits per heavy atom. The van der Waals surface area contributed by atoms with Crippen molar-refractivity contribution in [1.82, 2.24) is 5.32 Å². The number of rotatable bonds is 9. The summed E-state index contributed by atoms with van der Waals surface area (Å²) in [7, 11) is 0. The second-order valence-electron chi connectivity index (χ2n) is 6.22. The fourth-order valence-corrected chi connectivity index (χ4v) is 2.72. The Hall–Kier alpha value is -0.0800. The summed E-state index contributed by atoms with van der Waals surface area (Å²) in [5.41, 5.74) is 0.254. The van der Waals surface area contributed by atoms with Crippen molar-refractivity contribution in [2.24, 2.45) is 5.92 Å².